The summed E-state index contributed by atoms with van der Waals surface area (Å²) < 4.78 is 2.12. The molecule has 0 amide bonds. The molecule has 2 rings (SSSR count). The molecular formula is C16H23N3. The van der Waals surface area contributed by atoms with Crippen molar-refractivity contribution in [3.63, 3.8) is 0 Å². The summed E-state index contributed by atoms with van der Waals surface area (Å²) in [5.41, 5.74) is 3.57. The summed E-state index contributed by atoms with van der Waals surface area (Å²) in [5, 5.41) is 3.38. The zero-order valence-corrected chi connectivity index (χ0v) is 12.3. The molecular weight excluding hydrogens is 234 g/mol. The number of anilines is 1. The van der Waals surface area contributed by atoms with Crippen LogP contribution in [0.15, 0.2) is 30.5 Å². The highest BCUT2D eigenvalue weighted by atomic mass is 15.2. The van der Waals surface area contributed by atoms with E-state index in [9.17, 15) is 0 Å². The molecule has 3 heteroatoms. The number of rotatable bonds is 5. The average Bonchev–Trinajstić information content (AvgIpc) is 2.71. The number of hydrogen-bond donors (Lipinski definition) is 1. The predicted molar refractivity (Wildman–Crippen MR) is 81.1 cm³/mol. The van der Waals surface area contributed by atoms with E-state index in [4.69, 9.17) is 0 Å². The van der Waals surface area contributed by atoms with Gasteiger partial charge >= 0.3 is 0 Å². The first kappa shape index (κ1) is 13.7. The fourth-order valence-electron chi connectivity index (χ4n) is 2.17. The van der Waals surface area contributed by atoms with Gasteiger partial charge in [0.1, 0.15) is 0 Å². The molecule has 0 aliphatic heterocycles. The van der Waals surface area contributed by atoms with Crippen LogP contribution in [0.2, 0.25) is 0 Å². The Morgan fingerprint density at radius 3 is 2.47 bits per heavy atom. The van der Waals surface area contributed by atoms with E-state index in [1.54, 1.807) is 0 Å². The fourth-order valence-corrected chi connectivity index (χ4v) is 2.17. The first-order valence-corrected chi connectivity index (χ1v) is 7.02. The zero-order valence-electron chi connectivity index (χ0n) is 12.3. The summed E-state index contributed by atoms with van der Waals surface area (Å²) >= 11 is 0. The van der Waals surface area contributed by atoms with Crippen molar-refractivity contribution in [2.24, 2.45) is 0 Å². The van der Waals surface area contributed by atoms with Crippen LogP contribution < -0.4 is 5.32 Å². The number of hydrogen-bond acceptors (Lipinski definition) is 2. The van der Waals surface area contributed by atoms with Gasteiger partial charge in [-0.3, -0.25) is 4.57 Å². The molecule has 1 aromatic heterocycles. The van der Waals surface area contributed by atoms with Gasteiger partial charge in [-0.25, -0.2) is 4.98 Å². The second-order valence-electron chi connectivity index (χ2n) is 5.29. The lowest BCUT2D eigenvalue weighted by Crippen LogP contribution is -2.13. The molecule has 0 saturated heterocycles. The van der Waals surface area contributed by atoms with Crippen molar-refractivity contribution in [2.75, 3.05) is 5.32 Å². The fraction of sp³-hybridized carbons (Fsp3) is 0.438. The molecule has 0 saturated carbocycles. The molecule has 3 nitrogen and oxygen atoms in total. The third kappa shape index (κ3) is 3.37. The zero-order chi connectivity index (χ0) is 13.8. The standard InChI is InChI=1S/C16H23N3/c1-5-6-14-7-9-15(10-8-14)19-11-13(4)18-16(19)17-12(2)3/h7-12H,5-6H2,1-4H3,(H,17,18). The van der Waals surface area contributed by atoms with Crippen LogP contribution in [-0.2, 0) is 6.42 Å². The van der Waals surface area contributed by atoms with Crippen molar-refractivity contribution in [1.29, 1.82) is 0 Å². The molecule has 1 aromatic carbocycles. The molecule has 0 aliphatic rings. The highest BCUT2D eigenvalue weighted by Gasteiger charge is 2.08. The van der Waals surface area contributed by atoms with Gasteiger partial charge in [-0.05, 0) is 44.9 Å². The Balaban J connectivity index is 2.30. The van der Waals surface area contributed by atoms with Crippen molar-refractivity contribution in [3.05, 3.63) is 41.7 Å². The molecule has 0 atom stereocenters. The molecule has 1 N–H and O–H groups in total. The van der Waals surface area contributed by atoms with Gasteiger partial charge in [-0.1, -0.05) is 25.5 Å². The number of aryl methyl sites for hydroxylation is 2. The summed E-state index contributed by atoms with van der Waals surface area (Å²) in [6.45, 7) is 8.47. The van der Waals surface area contributed by atoms with E-state index in [-0.39, 0.29) is 0 Å². The second kappa shape index (κ2) is 5.91. The third-order valence-corrected chi connectivity index (χ3v) is 3.00. The molecule has 0 fully saturated rings. The van der Waals surface area contributed by atoms with Gasteiger partial charge in [-0.15, -0.1) is 0 Å². The van der Waals surface area contributed by atoms with Gasteiger partial charge in [-0.2, -0.15) is 0 Å². The van der Waals surface area contributed by atoms with Crippen molar-refractivity contribution in [1.82, 2.24) is 9.55 Å². The largest absolute Gasteiger partial charge is 0.353 e. The van der Waals surface area contributed by atoms with E-state index >= 15 is 0 Å². The molecule has 19 heavy (non-hydrogen) atoms. The van der Waals surface area contributed by atoms with E-state index in [2.05, 4.69) is 66.1 Å². The summed E-state index contributed by atoms with van der Waals surface area (Å²) in [4.78, 5) is 4.54. The minimum Gasteiger partial charge on any atom is -0.353 e. The topological polar surface area (TPSA) is 29.9 Å². The number of imidazole rings is 1. The van der Waals surface area contributed by atoms with Crippen LogP contribution in [0.5, 0.6) is 0 Å². The Bertz CT molecular complexity index is 523. The molecule has 0 unspecified atom stereocenters. The van der Waals surface area contributed by atoms with Crippen LogP contribution in [0.25, 0.3) is 5.69 Å². The highest BCUT2D eigenvalue weighted by Crippen LogP contribution is 2.18. The van der Waals surface area contributed by atoms with Crippen LogP contribution in [0.3, 0.4) is 0 Å². The smallest absolute Gasteiger partial charge is 0.207 e. The van der Waals surface area contributed by atoms with E-state index in [0.717, 1.165) is 23.8 Å². The molecule has 102 valence electrons. The summed E-state index contributed by atoms with van der Waals surface area (Å²) in [6.07, 6.45) is 4.39. The first-order chi connectivity index (χ1) is 9.10. The minimum absolute atomic E-state index is 0.375. The number of nitrogens with zero attached hydrogens (tertiary/aromatic N) is 2. The Hall–Kier alpha value is -1.77. The lowest BCUT2D eigenvalue weighted by Gasteiger charge is -2.12. The van der Waals surface area contributed by atoms with Gasteiger partial charge in [0.2, 0.25) is 5.95 Å². The van der Waals surface area contributed by atoms with Crippen molar-refractivity contribution in [3.8, 4) is 5.69 Å². The summed E-state index contributed by atoms with van der Waals surface area (Å²) in [6, 6.07) is 9.11. The predicted octanol–water partition coefficient (Wildman–Crippen LogP) is 3.95. The molecule has 0 spiro atoms. The van der Waals surface area contributed by atoms with E-state index in [1.165, 1.54) is 12.0 Å². The SMILES string of the molecule is CCCc1ccc(-n2cc(C)nc2NC(C)C)cc1. The Labute approximate surface area is 115 Å². The minimum atomic E-state index is 0.375. The lowest BCUT2D eigenvalue weighted by molar-refractivity contribution is 0.863. The van der Waals surface area contributed by atoms with Crippen LogP contribution >= 0.6 is 0 Å². The lowest BCUT2D eigenvalue weighted by atomic mass is 10.1. The Morgan fingerprint density at radius 1 is 1.21 bits per heavy atom. The first-order valence-electron chi connectivity index (χ1n) is 7.02. The Kier molecular flexibility index (Phi) is 4.25. The van der Waals surface area contributed by atoms with Gasteiger partial charge < -0.3 is 5.32 Å². The Morgan fingerprint density at radius 2 is 1.89 bits per heavy atom. The monoisotopic (exact) mass is 257 g/mol. The molecule has 0 radical (unpaired) electrons. The normalized spacial score (nSPS) is 11.0. The maximum absolute atomic E-state index is 4.54. The van der Waals surface area contributed by atoms with E-state index < -0.39 is 0 Å². The van der Waals surface area contributed by atoms with Gasteiger partial charge in [0.05, 0.1) is 5.69 Å². The van der Waals surface area contributed by atoms with Gasteiger partial charge in [0.25, 0.3) is 0 Å². The van der Waals surface area contributed by atoms with Crippen LogP contribution in [0, 0.1) is 6.92 Å². The van der Waals surface area contributed by atoms with Gasteiger partial charge in [0.15, 0.2) is 0 Å². The summed E-state index contributed by atoms with van der Waals surface area (Å²) in [5.74, 6) is 0.913. The van der Waals surface area contributed by atoms with Crippen molar-refractivity contribution in [2.45, 2.75) is 46.6 Å². The highest BCUT2D eigenvalue weighted by molar-refractivity contribution is 5.44. The van der Waals surface area contributed by atoms with Crippen LogP contribution in [-0.4, -0.2) is 15.6 Å². The average molecular weight is 257 g/mol. The van der Waals surface area contributed by atoms with Crippen molar-refractivity contribution < 1.29 is 0 Å². The number of aromatic nitrogens is 2. The van der Waals surface area contributed by atoms with Gasteiger partial charge in [0, 0.05) is 17.9 Å². The van der Waals surface area contributed by atoms with E-state index in [0.29, 0.717) is 6.04 Å². The molecule has 0 aliphatic carbocycles. The quantitative estimate of drug-likeness (QED) is 0.878. The summed E-state index contributed by atoms with van der Waals surface area (Å²) in [7, 11) is 0. The van der Waals surface area contributed by atoms with E-state index in [1.807, 2.05) is 6.92 Å². The molecule has 1 heterocycles. The molecule has 2 aromatic rings. The third-order valence-electron chi connectivity index (χ3n) is 3.00. The van der Waals surface area contributed by atoms with Crippen LogP contribution in [0.4, 0.5) is 5.95 Å². The molecule has 0 bridgehead atoms. The van der Waals surface area contributed by atoms with Crippen LogP contribution in [0.1, 0.15) is 38.4 Å². The number of nitrogens with one attached hydrogen (secondary N) is 1. The van der Waals surface area contributed by atoms with Crippen molar-refractivity contribution >= 4 is 5.95 Å². The maximum atomic E-state index is 4.54. The number of benzene rings is 1. The second-order valence-corrected chi connectivity index (χ2v) is 5.29. The maximum Gasteiger partial charge on any atom is 0.207 e.